The number of Topliss-reactive ketones (excluding diaryl/α,β-unsaturated/α-hetero) is 1. The highest BCUT2D eigenvalue weighted by Gasteiger charge is 2.40. The molecule has 0 spiro atoms. The highest BCUT2D eigenvalue weighted by molar-refractivity contribution is 5.80. The van der Waals surface area contributed by atoms with Crippen LogP contribution in [0.5, 0.6) is 0 Å². The van der Waals surface area contributed by atoms with E-state index in [9.17, 15) is 9.59 Å². The second-order valence-corrected chi connectivity index (χ2v) is 6.91. The maximum absolute atomic E-state index is 12.4. The third kappa shape index (κ3) is 2.70. The Morgan fingerprint density at radius 1 is 1.16 bits per heavy atom. The summed E-state index contributed by atoms with van der Waals surface area (Å²) >= 11 is 0. The minimum Gasteiger partial charge on any atom is -0.343 e. The fourth-order valence-electron chi connectivity index (χ4n) is 4.51. The van der Waals surface area contributed by atoms with Crippen LogP contribution in [0.3, 0.4) is 0 Å². The number of carbonyl (C=O) groups excluding carboxylic acids is 2. The maximum atomic E-state index is 12.4. The van der Waals surface area contributed by atoms with Gasteiger partial charge in [-0.15, -0.1) is 0 Å². The highest BCUT2D eigenvalue weighted by atomic mass is 16.2. The molecule has 0 saturated heterocycles. The van der Waals surface area contributed by atoms with E-state index in [1.165, 1.54) is 25.7 Å². The van der Waals surface area contributed by atoms with Crippen LogP contribution in [-0.2, 0) is 9.59 Å². The second kappa shape index (κ2) is 5.26. The summed E-state index contributed by atoms with van der Waals surface area (Å²) in [5.74, 6) is 3.08. The summed E-state index contributed by atoms with van der Waals surface area (Å²) in [6, 6.07) is 0.309. The monoisotopic (exact) mass is 263 g/mol. The minimum atomic E-state index is 0.309. The summed E-state index contributed by atoms with van der Waals surface area (Å²) in [4.78, 5) is 25.6. The second-order valence-electron chi connectivity index (χ2n) is 6.91. The van der Waals surface area contributed by atoms with E-state index in [2.05, 4.69) is 0 Å². The average Bonchev–Trinajstić information content (AvgIpc) is 3.01. The number of carbonyl (C=O) groups is 2. The minimum absolute atomic E-state index is 0.309. The Bertz CT molecular complexity index is 369. The van der Waals surface area contributed by atoms with Crippen molar-refractivity contribution in [2.24, 2.45) is 17.8 Å². The van der Waals surface area contributed by atoms with Crippen molar-refractivity contribution in [3.63, 3.8) is 0 Å². The lowest BCUT2D eigenvalue weighted by atomic mass is 9.85. The number of hydrogen-bond donors (Lipinski definition) is 0. The summed E-state index contributed by atoms with van der Waals surface area (Å²) in [6.07, 6.45) is 9.23. The average molecular weight is 263 g/mol. The Hall–Kier alpha value is -0.860. The largest absolute Gasteiger partial charge is 0.343 e. The van der Waals surface area contributed by atoms with E-state index in [1.807, 2.05) is 11.9 Å². The first kappa shape index (κ1) is 13.1. The number of ketones is 1. The van der Waals surface area contributed by atoms with Crippen molar-refractivity contribution < 1.29 is 9.59 Å². The van der Waals surface area contributed by atoms with Crippen LogP contribution in [0.4, 0.5) is 0 Å². The first-order chi connectivity index (χ1) is 9.13. The maximum Gasteiger partial charge on any atom is 0.222 e. The van der Waals surface area contributed by atoms with E-state index in [-0.39, 0.29) is 0 Å². The van der Waals surface area contributed by atoms with E-state index in [1.54, 1.807) is 0 Å². The topological polar surface area (TPSA) is 37.4 Å². The summed E-state index contributed by atoms with van der Waals surface area (Å²) < 4.78 is 0. The lowest BCUT2D eigenvalue weighted by Gasteiger charge is -2.32. The zero-order valence-electron chi connectivity index (χ0n) is 11.9. The van der Waals surface area contributed by atoms with Gasteiger partial charge in [-0.05, 0) is 49.9 Å². The van der Waals surface area contributed by atoms with Gasteiger partial charge in [0.25, 0.3) is 0 Å². The van der Waals surface area contributed by atoms with Gasteiger partial charge in [0.15, 0.2) is 0 Å². The van der Waals surface area contributed by atoms with Crippen LogP contribution >= 0.6 is 0 Å². The molecule has 3 heteroatoms. The molecule has 0 aliphatic heterocycles. The van der Waals surface area contributed by atoms with Crippen LogP contribution in [0.2, 0.25) is 0 Å². The van der Waals surface area contributed by atoms with Crippen molar-refractivity contribution in [2.75, 3.05) is 7.05 Å². The van der Waals surface area contributed by atoms with E-state index in [4.69, 9.17) is 0 Å². The van der Waals surface area contributed by atoms with E-state index >= 15 is 0 Å². The molecule has 3 nitrogen and oxygen atoms in total. The van der Waals surface area contributed by atoms with Gasteiger partial charge < -0.3 is 4.90 Å². The van der Waals surface area contributed by atoms with Crippen LogP contribution < -0.4 is 0 Å². The smallest absolute Gasteiger partial charge is 0.222 e. The molecule has 3 rings (SSSR count). The zero-order valence-corrected chi connectivity index (χ0v) is 11.9. The number of nitrogens with zero attached hydrogens (tertiary/aromatic N) is 1. The molecule has 0 aromatic carbocycles. The molecule has 0 N–H and O–H groups in total. The lowest BCUT2D eigenvalue weighted by molar-refractivity contribution is -0.135. The molecule has 2 bridgehead atoms. The van der Waals surface area contributed by atoms with Gasteiger partial charge in [0.05, 0.1) is 0 Å². The molecule has 3 atom stereocenters. The highest BCUT2D eigenvalue weighted by Crippen LogP contribution is 2.49. The van der Waals surface area contributed by atoms with Gasteiger partial charge in [-0.2, -0.15) is 0 Å². The van der Waals surface area contributed by atoms with Crippen molar-refractivity contribution in [2.45, 2.75) is 63.8 Å². The number of amides is 1. The molecule has 1 amide bonds. The summed E-state index contributed by atoms with van der Waals surface area (Å²) in [6.45, 7) is 0. The molecule has 0 radical (unpaired) electrons. The zero-order chi connectivity index (χ0) is 13.4. The molecule has 0 aromatic heterocycles. The van der Waals surface area contributed by atoms with E-state index < -0.39 is 0 Å². The molecular formula is C16H25NO2. The van der Waals surface area contributed by atoms with Crippen LogP contribution in [0.1, 0.15) is 57.8 Å². The van der Waals surface area contributed by atoms with Gasteiger partial charge in [-0.3, -0.25) is 9.59 Å². The SMILES string of the molecule is CN(C(=O)CC1CC2CCC1C2)C1CCC(=O)CC1. The Morgan fingerprint density at radius 3 is 2.47 bits per heavy atom. The van der Waals surface area contributed by atoms with Gasteiger partial charge in [0, 0.05) is 32.4 Å². The quantitative estimate of drug-likeness (QED) is 0.785. The van der Waals surface area contributed by atoms with Crippen LogP contribution in [0, 0.1) is 17.8 Å². The summed E-state index contributed by atoms with van der Waals surface area (Å²) in [5, 5.41) is 0. The Kier molecular flexibility index (Phi) is 3.64. The first-order valence-corrected chi connectivity index (χ1v) is 7.91. The van der Waals surface area contributed by atoms with Gasteiger partial charge in [0.1, 0.15) is 5.78 Å². The molecule has 0 heterocycles. The number of hydrogen-bond acceptors (Lipinski definition) is 2. The fourth-order valence-corrected chi connectivity index (χ4v) is 4.51. The first-order valence-electron chi connectivity index (χ1n) is 7.91. The van der Waals surface area contributed by atoms with Gasteiger partial charge in [0.2, 0.25) is 5.91 Å². The summed E-state index contributed by atoms with van der Waals surface area (Å²) in [7, 11) is 1.94. The van der Waals surface area contributed by atoms with Crippen LogP contribution in [0.25, 0.3) is 0 Å². The molecular weight excluding hydrogens is 238 g/mol. The normalized spacial score (nSPS) is 34.8. The lowest BCUT2D eigenvalue weighted by Crippen LogP contribution is -2.40. The van der Waals surface area contributed by atoms with Gasteiger partial charge in [-0.1, -0.05) is 6.42 Å². The molecule has 19 heavy (non-hydrogen) atoms. The molecule has 3 saturated carbocycles. The van der Waals surface area contributed by atoms with E-state index in [0.29, 0.717) is 36.5 Å². The molecule has 3 fully saturated rings. The van der Waals surface area contributed by atoms with Crippen molar-refractivity contribution in [3.8, 4) is 0 Å². The Morgan fingerprint density at radius 2 is 1.89 bits per heavy atom. The predicted octanol–water partition coefficient (Wildman–Crippen LogP) is 2.78. The third-order valence-electron chi connectivity index (χ3n) is 5.78. The van der Waals surface area contributed by atoms with E-state index in [0.717, 1.165) is 31.1 Å². The summed E-state index contributed by atoms with van der Waals surface area (Å²) in [5.41, 5.74) is 0. The van der Waals surface area contributed by atoms with Crippen LogP contribution in [-0.4, -0.2) is 29.7 Å². The third-order valence-corrected chi connectivity index (χ3v) is 5.78. The molecule has 3 aliphatic rings. The Labute approximate surface area is 115 Å². The Balaban J connectivity index is 1.51. The molecule has 106 valence electrons. The molecule has 3 unspecified atom stereocenters. The molecule has 3 aliphatic carbocycles. The van der Waals surface area contributed by atoms with Gasteiger partial charge in [-0.25, -0.2) is 0 Å². The standard InChI is InChI=1S/C16H25NO2/c1-17(14-4-6-15(18)7-5-14)16(19)10-13-9-11-2-3-12(13)8-11/h11-14H,2-10H2,1H3. The molecule has 0 aromatic rings. The number of fused-ring (bicyclic) bond motifs is 2. The van der Waals surface area contributed by atoms with Crippen molar-refractivity contribution in [1.82, 2.24) is 4.90 Å². The van der Waals surface area contributed by atoms with Crippen molar-refractivity contribution >= 4 is 11.7 Å². The predicted molar refractivity (Wildman–Crippen MR) is 73.6 cm³/mol. The van der Waals surface area contributed by atoms with Gasteiger partial charge >= 0.3 is 0 Å². The van der Waals surface area contributed by atoms with Crippen LogP contribution in [0.15, 0.2) is 0 Å². The van der Waals surface area contributed by atoms with Crippen molar-refractivity contribution in [3.05, 3.63) is 0 Å². The van der Waals surface area contributed by atoms with Crippen molar-refractivity contribution in [1.29, 1.82) is 0 Å². The fraction of sp³-hybridized carbons (Fsp3) is 0.875. The number of rotatable bonds is 3.